The van der Waals surface area contributed by atoms with Crippen molar-refractivity contribution in [3.63, 3.8) is 0 Å². The molecule has 0 amide bonds. The number of nitrogens with zero attached hydrogens (tertiary/aromatic N) is 1. The molecule has 0 spiro atoms. The minimum Gasteiger partial charge on any atom is -0.383 e. The van der Waals surface area contributed by atoms with E-state index in [1.165, 1.54) is 33.0 Å². The van der Waals surface area contributed by atoms with Crippen LogP contribution in [0.1, 0.15) is 16.7 Å². The van der Waals surface area contributed by atoms with E-state index in [9.17, 15) is 0 Å². The van der Waals surface area contributed by atoms with Crippen LogP contribution in [0.2, 0.25) is 0 Å². The number of benzene rings is 2. The topological polar surface area (TPSA) is 3.24 Å². The first-order valence-corrected chi connectivity index (χ1v) is 6.94. The van der Waals surface area contributed by atoms with Crippen molar-refractivity contribution < 1.29 is 0 Å². The predicted molar refractivity (Wildman–Crippen MR) is 89.0 cm³/mol. The van der Waals surface area contributed by atoms with Crippen molar-refractivity contribution in [2.24, 2.45) is 0 Å². The molecule has 0 aliphatic rings. The molecule has 20 heavy (non-hydrogen) atoms. The van der Waals surface area contributed by atoms with Gasteiger partial charge in [0.05, 0.1) is 0 Å². The fourth-order valence-electron chi connectivity index (χ4n) is 2.33. The van der Waals surface area contributed by atoms with Gasteiger partial charge < -0.3 is 4.90 Å². The van der Waals surface area contributed by atoms with Crippen molar-refractivity contribution in [1.29, 1.82) is 0 Å². The highest BCUT2D eigenvalue weighted by Crippen LogP contribution is 2.21. The van der Waals surface area contributed by atoms with Crippen LogP contribution in [0.15, 0.2) is 30.3 Å². The summed E-state index contributed by atoms with van der Waals surface area (Å²) < 4.78 is 0. The molecular weight excluding hydrogens is 242 g/mol. The fraction of sp³-hybridized carbons (Fsp3) is 0.263. The number of hydrogen-bond acceptors (Lipinski definition) is 1. The molecule has 0 bridgehead atoms. The van der Waals surface area contributed by atoms with Crippen LogP contribution < -0.4 is 10.4 Å². The van der Waals surface area contributed by atoms with Crippen molar-refractivity contribution in [1.82, 2.24) is 4.90 Å². The highest BCUT2D eigenvalue weighted by atomic mass is 15.0. The first kappa shape index (κ1) is 14.4. The van der Waals surface area contributed by atoms with Gasteiger partial charge in [-0.15, -0.1) is 0 Å². The van der Waals surface area contributed by atoms with Gasteiger partial charge in [0.2, 0.25) is 0 Å². The van der Waals surface area contributed by atoms with E-state index in [0.717, 1.165) is 5.22 Å². The van der Waals surface area contributed by atoms with Gasteiger partial charge in [-0.1, -0.05) is 30.8 Å². The van der Waals surface area contributed by atoms with E-state index in [-0.39, 0.29) is 0 Å². The van der Waals surface area contributed by atoms with Crippen LogP contribution in [0, 0.1) is 20.8 Å². The molecule has 2 rings (SSSR count). The zero-order valence-electron chi connectivity index (χ0n) is 13.1. The predicted octanol–water partition coefficient (Wildman–Crippen LogP) is 2.99. The molecule has 0 aliphatic heterocycles. The Hall–Kier alpha value is -2.02. The van der Waals surface area contributed by atoms with Crippen LogP contribution in [0.4, 0.5) is 0 Å². The van der Waals surface area contributed by atoms with E-state index in [2.05, 4.69) is 68.8 Å². The average Bonchev–Trinajstić information content (AvgIpc) is 2.37. The lowest BCUT2D eigenvalue weighted by Crippen LogP contribution is -2.28. The summed E-state index contributed by atoms with van der Waals surface area (Å²) in [6, 6.07) is 11.1. The zero-order chi connectivity index (χ0) is 14.9. The molecule has 0 atom stereocenters. The summed E-state index contributed by atoms with van der Waals surface area (Å²) in [5.74, 6) is 0. The summed E-state index contributed by atoms with van der Waals surface area (Å²) in [6.45, 7) is 10.6. The van der Waals surface area contributed by atoms with Gasteiger partial charge in [0, 0.05) is 20.3 Å². The molecule has 0 saturated heterocycles. The third-order valence-electron chi connectivity index (χ3n) is 3.75. The first-order valence-electron chi connectivity index (χ1n) is 6.94. The molecular formula is C19H23N. The van der Waals surface area contributed by atoms with Crippen molar-refractivity contribution in [2.45, 2.75) is 20.8 Å². The van der Waals surface area contributed by atoms with Crippen molar-refractivity contribution in [2.75, 3.05) is 14.1 Å². The molecule has 0 aromatic heterocycles. The third-order valence-corrected chi connectivity index (χ3v) is 3.75. The monoisotopic (exact) mass is 265 g/mol. The molecule has 2 aromatic rings. The number of aryl methyl sites for hydroxylation is 3. The van der Waals surface area contributed by atoms with Gasteiger partial charge in [-0.3, -0.25) is 0 Å². The minimum absolute atomic E-state index is 1.10. The van der Waals surface area contributed by atoms with Crippen LogP contribution in [0.3, 0.4) is 0 Å². The second-order valence-electron chi connectivity index (χ2n) is 5.75. The lowest BCUT2D eigenvalue weighted by molar-refractivity contribution is 0.614. The molecule has 0 unspecified atom stereocenters. The number of rotatable bonds is 2. The molecule has 1 heteroatoms. The Bertz CT molecular complexity index is 739. The second-order valence-corrected chi connectivity index (χ2v) is 5.75. The van der Waals surface area contributed by atoms with Crippen LogP contribution in [-0.4, -0.2) is 19.0 Å². The van der Waals surface area contributed by atoms with Gasteiger partial charge in [0.1, 0.15) is 0 Å². The Morgan fingerprint density at radius 2 is 1.50 bits per heavy atom. The van der Waals surface area contributed by atoms with Gasteiger partial charge in [0.25, 0.3) is 0 Å². The Morgan fingerprint density at radius 3 is 2.10 bits per heavy atom. The van der Waals surface area contributed by atoms with E-state index in [4.69, 9.17) is 0 Å². The Morgan fingerprint density at radius 1 is 0.850 bits per heavy atom. The fourth-order valence-corrected chi connectivity index (χ4v) is 2.33. The van der Waals surface area contributed by atoms with Crippen LogP contribution in [0.5, 0.6) is 0 Å². The maximum Gasteiger partial charge on any atom is 0.00648 e. The van der Waals surface area contributed by atoms with E-state index in [1.807, 2.05) is 14.1 Å². The van der Waals surface area contributed by atoms with E-state index in [0.29, 0.717) is 0 Å². The molecule has 0 saturated carbocycles. The van der Waals surface area contributed by atoms with Crippen LogP contribution in [-0.2, 0) is 0 Å². The summed E-state index contributed by atoms with van der Waals surface area (Å²) in [5, 5.41) is 2.29. The molecule has 0 fully saturated rings. The lowest BCUT2D eigenvalue weighted by Gasteiger charge is -2.09. The Balaban J connectivity index is 2.67. The van der Waals surface area contributed by atoms with Crippen molar-refractivity contribution in [3.05, 3.63) is 57.5 Å². The average molecular weight is 265 g/mol. The van der Waals surface area contributed by atoms with E-state index < -0.39 is 0 Å². The summed E-state index contributed by atoms with van der Waals surface area (Å²) in [6.07, 6.45) is 2.12. The molecule has 0 aliphatic carbocycles. The van der Waals surface area contributed by atoms with E-state index >= 15 is 0 Å². The van der Waals surface area contributed by atoms with Crippen LogP contribution >= 0.6 is 0 Å². The molecule has 0 radical (unpaired) electrons. The summed E-state index contributed by atoms with van der Waals surface area (Å²) >= 11 is 0. The van der Waals surface area contributed by atoms with Gasteiger partial charge in [-0.2, -0.15) is 0 Å². The second kappa shape index (κ2) is 5.54. The van der Waals surface area contributed by atoms with Gasteiger partial charge in [-0.25, -0.2) is 0 Å². The van der Waals surface area contributed by atoms with Crippen LogP contribution in [0.25, 0.3) is 23.9 Å². The maximum atomic E-state index is 4.18. The summed E-state index contributed by atoms with van der Waals surface area (Å²) in [7, 11) is 4.08. The third kappa shape index (κ3) is 2.93. The summed E-state index contributed by atoms with van der Waals surface area (Å²) in [4.78, 5) is 2.06. The maximum absolute atomic E-state index is 4.18. The molecule has 104 valence electrons. The Labute approximate surface area is 121 Å². The first-order chi connectivity index (χ1) is 9.38. The highest BCUT2D eigenvalue weighted by molar-refractivity contribution is 5.66. The Kier molecular flexibility index (Phi) is 3.99. The summed E-state index contributed by atoms with van der Waals surface area (Å²) in [5.41, 5.74) is 6.42. The van der Waals surface area contributed by atoms with Crippen molar-refractivity contribution >= 4 is 12.8 Å². The molecule has 0 N–H and O–H groups in total. The largest absolute Gasteiger partial charge is 0.383 e. The standard InChI is InChI=1S/C19H23N/c1-13-7-8-17(9-14(13)2)18-10-15(3)16(4)19(11-18)12-20(5)6/h7-12H,4H2,1-3,5-6H3/b19-12-. The van der Waals surface area contributed by atoms with E-state index in [1.54, 1.807) is 0 Å². The zero-order valence-corrected chi connectivity index (χ0v) is 13.1. The lowest BCUT2D eigenvalue weighted by atomic mass is 9.98. The highest BCUT2D eigenvalue weighted by Gasteiger charge is 2.02. The SMILES string of the molecule is C=c1c(C)cc(-c2ccc(C)c(C)c2)c/c1=C/N(C)C. The molecule has 0 heterocycles. The minimum atomic E-state index is 1.10. The molecule has 2 aromatic carbocycles. The number of hydrogen-bond donors (Lipinski definition) is 0. The smallest absolute Gasteiger partial charge is 0.00648 e. The normalized spacial score (nSPS) is 11.8. The quantitative estimate of drug-likeness (QED) is 0.807. The van der Waals surface area contributed by atoms with Gasteiger partial charge >= 0.3 is 0 Å². The molecule has 1 nitrogen and oxygen atoms in total. The van der Waals surface area contributed by atoms with Gasteiger partial charge in [-0.05, 0) is 65.1 Å². The van der Waals surface area contributed by atoms with Crippen molar-refractivity contribution in [3.8, 4) is 11.1 Å². The van der Waals surface area contributed by atoms with Gasteiger partial charge in [0.15, 0.2) is 0 Å².